The molecule has 0 aliphatic carbocycles. The summed E-state index contributed by atoms with van der Waals surface area (Å²) >= 11 is 3.43. The van der Waals surface area contributed by atoms with E-state index >= 15 is 0 Å². The molecule has 3 rings (SSSR count). The number of nitrogens with zero attached hydrogens (tertiary/aromatic N) is 3. The molecule has 0 fully saturated rings. The second kappa shape index (κ2) is 7.42. The first-order valence-electron chi connectivity index (χ1n) is 7.91. The molecule has 0 amide bonds. The monoisotopic (exact) mass is 391 g/mol. The Kier molecular flexibility index (Phi) is 5.06. The number of hydrogen-bond acceptors (Lipinski definition) is 2. The number of nitriles is 1. The summed E-state index contributed by atoms with van der Waals surface area (Å²) in [4.78, 5) is 2.07. The standard InChI is InChI=1S/C21H18BrN3/c1-24(2)19-9-11-20(12-10-19)25-13-3-4-21(25)14-17(15-23)16-5-7-18(22)8-6-16/h3-14H,1-2H3/b17-14-. The Morgan fingerprint density at radius 2 is 1.72 bits per heavy atom. The Morgan fingerprint density at radius 1 is 1.04 bits per heavy atom. The first kappa shape index (κ1) is 17.1. The minimum atomic E-state index is 0.636. The van der Waals surface area contributed by atoms with Crippen LogP contribution in [0.3, 0.4) is 0 Å². The zero-order valence-corrected chi connectivity index (χ0v) is 15.7. The van der Waals surface area contributed by atoms with Gasteiger partial charge in [0, 0.05) is 41.8 Å². The number of benzene rings is 2. The van der Waals surface area contributed by atoms with E-state index in [1.807, 2.05) is 62.8 Å². The van der Waals surface area contributed by atoms with Crippen LogP contribution in [-0.2, 0) is 0 Å². The average Bonchev–Trinajstić information content (AvgIpc) is 3.09. The molecule has 0 N–H and O–H groups in total. The van der Waals surface area contributed by atoms with Crippen molar-refractivity contribution in [2.24, 2.45) is 0 Å². The van der Waals surface area contributed by atoms with E-state index in [-0.39, 0.29) is 0 Å². The van der Waals surface area contributed by atoms with Crippen LogP contribution in [0.25, 0.3) is 17.3 Å². The summed E-state index contributed by atoms with van der Waals surface area (Å²) < 4.78 is 3.08. The maximum absolute atomic E-state index is 9.56. The normalized spacial score (nSPS) is 11.2. The fourth-order valence-corrected chi connectivity index (χ4v) is 2.88. The fraction of sp³-hybridized carbons (Fsp3) is 0.0952. The molecule has 2 aromatic carbocycles. The summed E-state index contributed by atoms with van der Waals surface area (Å²) in [6.07, 6.45) is 3.93. The minimum Gasteiger partial charge on any atom is -0.378 e. The van der Waals surface area contributed by atoms with Crippen LogP contribution in [0, 0.1) is 11.3 Å². The summed E-state index contributed by atoms with van der Waals surface area (Å²) in [6, 6.07) is 22.4. The largest absolute Gasteiger partial charge is 0.378 e. The third-order valence-electron chi connectivity index (χ3n) is 3.99. The van der Waals surface area contributed by atoms with Gasteiger partial charge in [-0.25, -0.2) is 0 Å². The predicted octanol–water partition coefficient (Wildman–Crippen LogP) is 5.37. The number of rotatable bonds is 4. The van der Waals surface area contributed by atoms with Gasteiger partial charge in [0.2, 0.25) is 0 Å². The van der Waals surface area contributed by atoms with Gasteiger partial charge in [-0.2, -0.15) is 5.26 Å². The van der Waals surface area contributed by atoms with Crippen LogP contribution in [0.2, 0.25) is 0 Å². The lowest BCUT2D eigenvalue weighted by atomic mass is 10.1. The zero-order chi connectivity index (χ0) is 17.8. The Bertz CT molecular complexity index is 927. The molecule has 1 heterocycles. The summed E-state index contributed by atoms with van der Waals surface area (Å²) in [5, 5.41) is 9.56. The van der Waals surface area contributed by atoms with Crippen molar-refractivity contribution in [2.75, 3.05) is 19.0 Å². The van der Waals surface area contributed by atoms with Crippen molar-refractivity contribution >= 4 is 33.3 Å². The molecule has 0 unspecified atom stereocenters. The Hall–Kier alpha value is -2.77. The molecule has 0 aliphatic rings. The van der Waals surface area contributed by atoms with Gasteiger partial charge in [0.25, 0.3) is 0 Å². The summed E-state index contributed by atoms with van der Waals surface area (Å²) in [5.41, 5.74) is 4.73. The molecule has 0 bridgehead atoms. The molecule has 0 saturated heterocycles. The van der Waals surface area contributed by atoms with Crippen molar-refractivity contribution in [3.05, 3.63) is 82.6 Å². The van der Waals surface area contributed by atoms with Crippen LogP contribution < -0.4 is 4.90 Å². The van der Waals surface area contributed by atoms with Gasteiger partial charge >= 0.3 is 0 Å². The molecule has 124 valence electrons. The molecule has 25 heavy (non-hydrogen) atoms. The highest BCUT2D eigenvalue weighted by molar-refractivity contribution is 9.10. The summed E-state index contributed by atoms with van der Waals surface area (Å²) in [7, 11) is 4.05. The lowest BCUT2D eigenvalue weighted by molar-refractivity contribution is 1.06. The van der Waals surface area contributed by atoms with E-state index in [4.69, 9.17) is 0 Å². The highest BCUT2D eigenvalue weighted by Crippen LogP contribution is 2.23. The Morgan fingerprint density at radius 3 is 2.32 bits per heavy atom. The third kappa shape index (κ3) is 3.84. The molecule has 3 aromatic rings. The van der Waals surface area contributed by atoms with Crippen LogP contribution in [0.5, 0.6) is 0 Å². The molecular formula is C21H18BrN3. The van der Waals surface area contributed by atoms with Gasteiger partial charge in [-0.3, -0.25) is 0 Å². The van der Waals surface area contributed by atoms with Gasteiger partial charge in [-0.1, -0.05) is 28.1 Å². The SMILES string of the molecule is CN(C)c1ccc(-n2cccc2/C=C(/C#N)c2ccc(Br)cc2)cc1. The van der Waals surface area contributed by atoms with Crippen molar-refractivity contribution < 1.29 is 0 Å². The third-order valence-corrected chi connectivity index (χ3v) is 4.52. The molecule has 0 saturated carbocycles. The number of aromatic nitrogens is 1. The minimum absolute atomic E-state index is 0.636. The average molecular weight is 392 g/mol. The zero-order valence-electron chi connectivity index (χ0n) is 14.1. The quantitative estimate of drug-likeness (QED) is 0.559. The van der Waals surface area contributed by atoms with Crippen LogP contribution in [0.4, 0.5) is 5.69 Å². The van der Waals surface area contributed by atoms with E-state index in [0.717, 1.165) is 27.1 Å². The molecule has 0 spiro atoms. The van der Waals surface area contributed by atoms with E-state index in [0.29, 0.717) is 5.57 Å². The molecule has 0 aliphatic heterocycles. The van der Waals surface area contributed by atoms with Gasteiger partial charge in [0.15, 0.2) is 0 Å². The lowest BCUT2D eigenvalue weighted by Crippen LogP contribution is -2.08. The van der Waals surface area contributed by atoms with E-state index in [1.54, 1.807) is 0 Å². The van der Waals surface area contributed by atoms with Gasteiger partial charge in [0.1, 0.15) is 0 Å². The second-order valence-electron chi connectivity index (χ2n) is 5.89. The number of allylic oxidation sites excluding steroid dienone is 1. The molecule has 0 radical (unpaired) electrons. The first-order chi connectivity index (χ1) is 12.1. The summed E-state index contributed by atoms with van der Waals surface area (Å²) in [6.45, 7) is 0. The van der Waals surface area contributed by atoms with Crippen molar-refractivity contribution in [3.8, 4) is 11.8 Å². The highest BCUT2D eigenvalue weighted by atomic mass is 79.9. The summed E-state index contributed by atoms with van der Waals surface area (Å²) in [5.74, 6) is 0. The van der Waals surface area contributed by atoms with Crippen molar-refractivity contribution in [1.82, 2.24) is 4.57 Å². The van der Waals surface area contributed by atoms with E-state index in [2.05, 4.69) is 55.7 Å². The molecular weight excluding hydrogens is 374 g/mol. The second-order valence-corrected chi connectivity index (χ2v) is 6.81. The van der Waals surface area contributed by atoms with Crippen LogP contribution in [0.1, 0.15) is 11.3 Å². The molecule has 3 nitrogen and oxygen atoms in total. The number of halogens is 1. The maximum atomic E-state index is 9.56. The Labute approximate surface area is 156 Å². The fourth-order valence-electron chi connectivity index (χ4n) is 2.62. The first-order valence-corrected chi connectivity index (χ1v) is 8.70. The number of anilines is 1. The van der Waals surface area contributed by atoms with Crippen LogP contribution >= 0.6 is 15.9 Å². The van der Waals surface area contributed by atoms with E-state index in [9.17, 15) is 5.26 Å². The van der Waals surface area contributed by atoms with Crippen molar-refractivity contribution in [2.45, 2.75) is 0 Å². The topological polar surface area (TPSA) is 32.0 Å². The van der Waals surface area contributed by atoms with Gasteiger partial charge in [-0.15, -0.1) is 0 Å². The van der Waals surface area contributed by atoms with Gasteiger partial charge in [-0.05, 0) is 60.2 Å². The van der Waals surface area contributed by atoms with Gasteiger partial charge in [0.05, 0.1) is 11.6 Å². The van der Waals surface area contributed by atoms with E-state index < -0.39 is 0 Å². The predicted molar refractivity (Wildman–Crippen MR) is 108 cm³/mol. The molecule has 0 atom stereocenters. The van der Waals surface area contributed by atoms with Crippen molar-refractivity contribution in [3.63, 3.8) is 0 Å². The Balaban J connectivity index is 1.98. The smallest absolute Gasteiger partial charge is 0.0998 e. The highest BCUT2D eigenvalue weighted by Gasteiger charge is 2.06. The van der Waals surface area contributed by atoms with Gasteiger partial charge < -0.3 is 9.47 Å². The van der Waals surface area contributed by atoms with Crippen molar-refractivity contribution in [1.29, 1.82) is 5.26 Å². The lowest BCUT2D eigenvalue weighted by Gasteiger charge is -2.14. The maximum Gasteiger partial charge on any atom is 0.0998 e. The van der Waals surface area contributed by atoms with E-state index in [1.165, 1.54) is 0 Å². The molecule has 4 heteroatoms. The van der Waals surface area contributed by atoms with Crippen LogP contribution in [0.15, 0.2) is 71.3 Å². The number of hydrogen-bond donors (Lipinski definition) is 0. The molecule has 1 aromatic heterocycles. The van der Waals surface area contributed by atoms with Crippen LogP contribution in [-0.4, -0.2) is 18.7 Å².